The monoisotopic (exact) mass is 466 g/mol. The van der Waals surface area contributed by atoms with Gasteiger partial charge in [0.2, 0.25) is 10.0 Å². The second kappa shape index (κ2) is 11.1. The molecule has 0 saturated heterocycles. The van der Waals surface area contributed by atoms with Crippen molar-refractivity contribution >= 4 is 21.6 Å². The highest BCUT2D eigenvalue weighted by Gasteiger charge is 2.27. The lowest BCUT2D eigenvalue weighted by molar-refractivity contribution is 0.0986. The number of benzene rings is 3. The highest BCUT2D eigenvalue weighted by atomic mass is 32.2. The van der Waals surface area contributed by atoms with Crippen LogP contribution in [-0.2, 0) is 16.6 Å². The molecule has 0 atom stereocenters. The fourth-order valence-electron chi connectivity index (χ4n) is 3.53. The Morgan fingerprint density at radius 1 is 0.939 bits per heavy atom. The molecule has 0 bridgehead atoms. The van der Waals surface area contributed by atoms with Gasteiger partial charge in [-0.3, -0.25) is 4.79 Å². The lowest BCUT2D eigenvalue weighted by atomic mass is 10.1. The Hall–Kier alpha value is -3.16. The maximum absolute atomic E-state index is 13.5. The third kappa shape index (κ3) is 5.80. The molecule has 0 saturated carbocycles. The van der Waals surface area contributed by atoms with E-state index in [1.807, 2.05) is 60.7 Å². The molecule has 6 nitrogen and oxygen atoms in total. The van der Waals surface area contributed by atoms with Gasteiger partial charge in [-0.2, -0.15) is 4.31 Å². The van der Waals surface area contributed by atoms with Crippen molar-refractivity contribution in [1.82, 2.24) is 4.31 Å². The van der Waals surface area contributed by atoms with E-state index in [-0.39, 0.29) is 23.1 Å². The first kappa shape index (κ1) is 24.5. The zero-order valence-electron chi connectivity index (χ0n) is 19.3. The van der Waals surface area contributed by atoms with Gasteiger partial charge in [0.05, 0.1) is 7.11 Å². The number of rotatable bonds is 10. The molecular formula is C26H30N2O4S. The summed E-state index contributed by atoms with van der Waals surface area (Å²) in [5.74, 6) is -0.0502. The summed E-state index contributed by atoms with van der Waals surface area (Å²) in [5.41, 5.74) is 1.93. The average Bonchev–Trinajstić information content (AvgIpc) is 2.85. The molecule has 0 aliphatic carbocycles. The van der Waals surface area contributed by atoms with Crippen LogP contribution in [0, 0.1) is 0 Å². The summed E-state index contributed by atoms with van der Waals surface area (Å²) < 4.78 is 33.5. The molecule has 0 aromatic heterocycles. The number of unbranched alkanes of at least 4 members (excludes halogenated alkanes) is 1. The second-order valence-electron chi connectivity index (χ2n) is 7.76. The molecule has 0 spiro atoms. The summed E-state index contributed by atoms with van der Waals surface area (Å²) in [6.45, 7) is 2.81. The number of carbonyl (C=O) groups excluding carboxylic acids is 1. The Morgan fingerprint density at radius 3 is 2.18 bits per heavy atom. The van der Waals surface area contributed by atoms with Crippen LogP contribution >= 0.6 is 0 Å². The molecule has 1 amide bonds. The van der Waals surface area contributed by atoms with E-state index in [2.05, 4.69) is 6.92 Å². The number of carbonyl (C=O) groups is 1. The van der Waals surface area contributed by atoms with Crippen LogP contribution in [0.25, 0.3) is 0 Å². The van der Waals surface area contributed by atoms with Crippen molar-refractivity contribution in [3.05, 3.63) is 90.0 Å². The van der Waals surface area contributed by atoms with Crippen molar-refractivity contribution < 1.29 is 17.9 Å². The third-order valence-electron chi connectivity index (χ3n) is 5.40. The van der Waals surface area contributed by atoms with E-state index in [0.717, 1.165) is 24.1 Å². The number of amides is 1. The lowest BCUT2D eigenvalue weighted by Crippen LogP contribution is -2.32. The topological polar surface area (TPSA) is 66.9 Å². The molecule has 0 unspecified atom stereocenters. The molecule has 0 N–H and O–H groups in total. The molecule has 3 rings (SSSR count). The molecule has 174 valence electrons. The minimum absolute atomic E-state index is 0.0298. The van der Waals surface area contributed by atoms with Crippen LogP contribution in [0.3, 0.4) is 0 Å². The summed E-state index contributed by atoms with van der Waals surface area (Å²) in [4.78, 5) is 15.1. The van der Waals surface area contributed by atoms with E-state index in [0.29, 0.717) is 12.1 Å². The van der Waals surface area contributed by atoms with E-state index < -0.39 is 10.0 Å². The first-order valence-electron chi connectivity index (χ1n) is 10.9. The number of hydrogen-bond acceptors (Lipinski definition) is 4. The molecule has 3 aromatic carbocycles. The third-order valence-corrected chi connectivity index (χ3v) is 7.22. The van der Waals surface area contributed by atoms with Gasteiger partial charge >= 0.3 is 0 Å². The van der Waals surface area contributed by atoms with Gasteiger partial charge in [-0.15, -0.1) is 0 Å². The number of methoxy groups -OCH3 is 1. The smallest absolute Gasteiger partial charge is 0.258 e. The maximum Gasteiger partial charge on any atom is 0.258 e. The highest BCUT2D eigenvalue weighted by molar-refractivity contribution is 7.89. The predicted octanol–water partition coefficient (Wildman–Crippen LogP) is 4.96. The van der Waals surface area contributed by atoms with E-state index in [1.54, 1.807) is 17.0 Å². The van der Waals surface area contributed by atoms with Crippen molar-refractivity contribution in [3.63, 3.8) is 0 Å². The summed E-state index contributed by atoms with van der Waals surface area (Å²) in [5, 5.41) is 0. The molecule has 0 aliphatic rings. The van der Waals surface area contributed by atoms with Crippen LogP contribution in [0.4, 0.5) is 5.69 Å². The van der Waals surface area contributed by atoms with E-state index in [9.17, 15) is 13.2 Å². The normalized spacial score (nSPS) is 11.4. The fraction of sp³-hybridized carbons (Fsp3) is 0.269. The van der Waals surface area contributed by atoms with Crippen LogP contribution in [0.1, 0.15) is 35.7 Å². The average molecular weight is 467 g/mol. The Bertz CT molecular complexity index is 1170. The molecule has 3 aromatic rings. The van der Waals surface area contributed by atoms with Crippen LogP contribution in [0.15, 0.2) is 83.8 Å². The quantitative estimate of drug-likeness (QED) is 0.423. The van der Waals surface area contributed by atoms with Crippen molar-refractivity contribution in [2.45, 2.75) is 31.2 Å². The summed E-state index contributed by atoms with van der Waals surface area (Å²) in [6.07, 6.45) is 1.77. The zero-order valence-corrected chi connectivity index (χ0v) is 20.1. The van der Waals surface area contributed by atoms with Gasteiger partial charge in [0.15, 0.2) is 0 Å². The van der Waals surface area contributed by atoms with Crippen molar-refractivity contribution in [2.75, 3.05) is 25.6 Å². The Kier molecular flexibility index (Phi) is 8.25. The van der Waals surface area contributed by atoms with Gasteiger partial charge in [-0.25, -0.2) is 8.42 Å². The van der Waals surface area contributed by atoms with E-state index >= 15 is 0 Å². The summed E-state index contributed by atoms with van der Waals surface area (Å²) in [7, 11) is -0.963. The zero-order chi connectivity index (χ0) is 23.8. The van der Waals surface area contributed by atoms with Gasteiger partial charge in [-0.1, -0.05) is 61.9 Å². The Morgan fingerprint density at radius 2 is 1.58 bits per heavy atom. The summed E-state index contributed by atoms with van der Waals surface area (Å²) in [6, 6.07) is 23.3. The molecule has 0 radical (unpaired) electrons. The SMILES string of the molecule is CCCCN(C(=O)c1ccc(OC)c(S(=O)(=O)N(C)Cc2ccccc2)c1)c1ccccc1. The standard InChI is InChI=1S/C26H30N2O4S/c1-4-5-18-28(23-14-10-7-11-15-23)26(29)22-16-17-24(32-3)25(19-22)33(30,31)27(2)20-21-12-8-6-9-13-21/h6-17,19H,4-5,18,20H2,1-3H3. The number of nitrogens with zero attached hydrogens (tertiary/aromatic N) is 2. The summed E-state index contributed by atoms with van der Waals surface area (Å²) >= 11 is 0. The van der Waals surface area contributed by atoms with Gasteiger partial charge in [0, 0.05) is 31.4 Å². The van der Waals surface area contributed by atoms with Crippen molar-refractivity contribution in [1.29, 1.82) is 0 Å². The fourth-order valence-corrected chi connectivity index (χ4v) is 4.87. The first-order valence-corrected chi connectivity index (χ1v) is 12.4. The van der Waals surface area contributed by atoms with Gasteiger partial charge in [0.1, 0.15) is 10.6 Å². The molecule has 0 heterocycles. The molecule has 33 heavy (non-hydrogen) atoms. The lowest BCUT2D eigenvalue weighted by Gasteiger charge is -2.24. The number of anilines is 1. The molecule has 0 fully saturated rings. The molecule has 0 aliphatic heterocycles. The van der Waals surface area contributed by atoms with Crippen LogP contribution in [0.5, 0.6) is 5.75 Å². The Balaban J connectivity index is 1.97. The van der Waals surface area contributed by atoms with Crippen LogP contribution < -0.4 is 9.64 Å². The Labute approximate surface area is 196 Å². The van der Waals surface area contributed by atoms with Crippen LogP contribution in [-0.4, -0.2) is 39.3 Å². The van der Waals surface area contributed by atoms with Crippen molar-refractivity contribution in [3.8, 4) is 5.75 Å². The predicted molar refractivity (Wildman–Crippen MR) is 131 cm³/mol. The largest absolute Gasteiger partial charge is 0.495 e. The minimum atomic E-state index is -3.91. The second-order valence-corrected chi connectivity index (χ2v) is 9.77. The van der Waals surface area contributed by atoms with Crippen LogP contribution in [0.2, 0.25) is 0 Å². The van der Waals surface area contributed by atoms with Gasteiger partial charge in [-0.05, 0) is 42.3 Å². The maximum atomic E-state index is 13.5. The molecular weight excluding hydrogens is 436 g/mol. The van der Waals surface area contributed by atoms with E-state index in [1.165, 1.54) is 24.5 Å². The number of hydrogen-bond donors (Lipinski definition) is 0. The first-order chi connectivity index (χ1) is 15.9. The van der Waals surface area contributed by atoms with E-state index in [4.69, 9.17) is 4.74 Å². The van der Waals surface area contributed by atoms with Gasteiger partial charge < -0.3 is 9.64 Å². The minimum Gasteiger partial charge on any atom is -0.495 e. The number of ether oxygens (including phenoxy) is 1. The van der Waals surface area contributed by atoms with Gasteiger partial charge in [0.25, 0.3) is 5.91 Å². The number of para-hydroxylation sites is 1. The van der Waals surface area contributed by atoms with Crippen molar-refractivity contribution in [2.24, 2.45) is 0 Å². The highest BCUT2D eigenvalue weighted by Crippen LogP contribution is 2.29. The molecule has 7 heteroatoms. The number of sulfonamides is 1.